The number of anilines is 1. The van der Waals surface area contributed by atoms with Gasteiger partial charge >= 0.3 is 6.09 Å². The molecule has 200 valence electrons. The number of benzene rings is 2. The first-order valence-electron chi connectivity index (χ1n) is 12.1. The molecule has 12 heteroatoms. The van der Waals surface area contributed by atoms with Crippen LogP contribution in [0, 0.1) is 5.82 Å². The van der Waals surface area contributed by atoms with E-state index in [1.807, 2.05) is 0 Å². The minimum atomic E-state index is -0.595. The van der Waals surface area contributed by atoms with Crippen LogP contribution in [-0.4, -0.2) is 63.3 Å². The zero-order valence-corrected chi connectivity index (χ0v) is 21.1. The van der Waals surface area contributed by atoms with Gasteiger partial charge < -0.3 is 20.5 Å². The summed E-state index contributed by atoms with van der Waals surface area (Å²) in [6.45, 7) is 3.71. The Hall–Kier alpha value is -4.32. The topological polar surface area (TPSA) is 139 Å². The van der Waals surface area contributed by atoms with Crippen molar-refractivity contribution < 1.29 is 28.6 Å². The summed E-state index contributed by atoms with van der Waals surface area (Å²) in [6, 6.07) is 11.6. The summed E-state index contributed by atoms with van der Waals surface area (Å²) in [4.78, 5) is 36.9. The van der Waals surface area contributed by atoms with E-state index in [9.17, 15) is 23.9 Å². The largest absolute Gasteiger partial charge is 0.442 e. The normalized spacial score (nSPS) is 15.7. The van der Waals surface area contributed by atoms with Gasteiger partial charge in [-0.25, -0.2) is 13.9 Å². The summed E-state index contributed by atoms with van der Waals surface area (Å²) in [7, 11) is 0. The molecule has 2 heterocycles. The fourth-order valence-corrected chi connectivity index (χ4v) is 4.02. The molecule has 2 aromatic carbocycles. The number of ether oxygens (including phenoxy) is 1. The molecule has 3 aromatic rings. The van der Waals surface area contributed by atoms with Crippen molar-refractivity contribution in [1.29, 1.82) is 0 Å². The van der Waals surface area contributed by atoms with Gasteiger partial charge in [-0.2, -0.15) is 0 Å². The van der Waals surface area contributed by atoms with Crippen LogP contribution in [0.5, 0.6) is 0 Å². The van der Waals surface area contributed by atoms with Crippen LogP contribution in [0.1, 0.15) is 25.1 Å². The zero-order valence-electron chi connectivity index (χ0n) is 21.1. The van der Waals surface area contributed by atoms with Gasteiger partial charge in [0.2, 0.25) is 11.8 Å². The third-order valence-electron chi connectivity index (χ3n) is 5.87. The molecule has 3 N–H and O–H groups in total. The highest BCUT2D eigenvalue weighted by Gasteiger charge is 2.32. The monoisotopic (exact) mass is 524 g/mol. The summed E-state index contributed by atoms with van der Waals surface area (Å²) < 4.78 is 21.6. The molecule has 0 bridgehead atoms. The van der Waals surface area contributed by atoms with E-state index in [0.29, 0.717) is 28.9 Å². The quantitative estimate of drug-likeness (QED) is 0.368. The molecule has 11 nitrogen and oxygen atoms in total. The van der Waals surface area contributed by atoms with E-state index < -0.39 is 24.1 Å². The fourth-order valence-electron chi connectivity index (χ4n) is 4.02. The number of hydrogen-bond acceptors (Lipinski definition) is 7. The molecule has 1 fully saturated rings. The lowest BCUT2D eigenvalue weighted by molar-refractivity contribution is -0.122. The predicted octanol–water partition coefficient (Wildman–Crippen LogP) is 1.79. The summed E-state index contributed by atoms with van der Waals surface area (Å²) in [5, 5.41) is 22.6. The van der Waals surface area contributed by atoms with Crippen molar-refractivity contribution in [3.63, 3.8) is 0 Å². The summed E-state index contributed by atoms with van der Waals surface area (Å²) >= 11 is 0. The van der Waals surface area contributed by atoms with Crippen molar-refractivity contribution in [2.75, 3.05) is 18.0 Å². The first-order valence-corrected chi connectivity index (χ1v) is 12.1. The number of carbonyl (C=O) groups is 3. The van der Waals surface area contributed by atoms with Crippen LogP contribution < -0.4 is 15.5 Å². The number of rotatable bonds is 10. The highest BCUT2D eigenvalue weighted by atomic mass is 19.1. The molecular formula is C26H29FN6O5. The van der Waals surface area contributed by atoms with Crippen molar-refractivity contribution in [2.45, 2.75) is 45.6 Å². The van der Waals surface area contributed by atoms with Crippen molar-refractivity contribution in [2.24, 2.45) is 0 Å². The molecule has 38 heavy (non-hydrogen) atoms. The SMILES string of the molecule is CC(=O)NCC1CN(c2ccc(-c3ccc(CNC(=O)Cn4cc(CC(C)O)nn4)cc3)c(F)c2)C(=O)O1. The molecule has 1 saturated heterocycles. The Morgan fingerprint density at radius 1 is 1.21 bits per heavy atom. The number of aromatic nitrogens is 3. The summed E-state index contributed by atoms with van der Waals surface area (Å²) in [5.41, 5.74) is 2.81. The summed E-state index contributed by atoms with van der Waals surface area (Å²) in [5.74, 6) is -0.966. The maximum Gasteiger partial charge on any atom is 0.414 e. The van der Waals surface area contributed by atoms with Crippen LogP contribution in [0.4, 0.5) is 14.9 Å². The van der Waals surface area contributed by atoms with Crippen molar-refractivity contribution >= 4 is 23.6 Å². The lowest BCUT2D eigenvalue weighted by Crippen LogP contribution is -2.33. The molecule has 1 aliphatic heterocycles. The number of carbonyl (C=O) groups excluding carboxylic acids is 3. The Morgan fingerprint density at radius 3 is 2.66 bits per heavy atom. The minimum absolute atomic E-state index is 0.000992. The molecule has 0 radical (unpaired) electrons. The van der Waals surface area contributed by atoms with E-state index in [1.54, 1.807) is 49.5 Å². The van der Waals surface area contributed by atoms with E-state index in [4.69, 9.17) is 4.74 Å². The van der Waals surface area contributed by atoms with Gasteiger partial charge in [-0.05, 0) is 36.2 Å². The maximum atomic E-state index is 15.0. The molecule has 4 rings (SSSR count). The average Bonchev–Trinajstić information content (AvgIpc) is 3.46. The Morgan fingerprint density at radius 2 is 1.97 bits per heavy atom. The number of halogens is 1. The van der Waals surface area contributed by atoms with Crippen molar-refractivity contribution in [3.8, 4) is 11.1 Å². The van der Waals surface area contributed by atoms with Crippen molar-refractivity contribution in [3.05, 3.63) is 65.7 Å². The van der Waals surface area contributed by atoms with E-state index in [-0.39, 0.29) is 38.0 Å². The summed E-state index contributed by atoms with van der Waals surface area (Å²) in [6.07, 6.45) is 0.344. The number of nitrogens with one attached hydrogen (secondary N) is 2. The zero-order chi connectivity index (χ0) is 27.2. The predicted molar refractivity (Wildman–Crippen MR) is 135 cm³/mol. The van der Waals surface area contributed by atoms with Gasteiger partial charge in [0.1, 0.15) is 18.5 Å². The third kappa shape index (κ3) is 6.91. The second-order valence-corrected chi connectivity index (χ2v) is 9.15. The van der Waals surface area contributed by atoms with E-state index in [1.165, 1.54) is 22.6 Å². The van der Waals surface area contributed by atoms with Crippen molar-refractivity contribution in [1.82, 2.24) is 25.6 Å². The molecule has 2 unspecified atom stereocenters. The first kappa shape index (κ1) is 26.7. The fraction of sp³-hybridized carbons (Fsp3) is 0.346. The third-order valence-corrected chi connectivity index (χ3v) is 5.87. The van der Waals surface area contributed by atoms with Gasteiger partial charge in [0.05, 0.1) is 30.6 Å². The molecule has 0 aliphatic carbocycles. The van der Waals surface area contributed by atoms with Gasteiger partial charge in [0.25, 0.3) is 0 Å². The number of cyclic esters (lactones) is 1. The standard InChI is InChI=1S/C26H29FN6O5/c1-16(34)9-20-13-32(31-30-20)15-25(36)29-11-18-3-5-19(6-4-18)23-8-7-21(10-24(23)27)33-14-22(38-26(33)37)12-28-17(2)35/h3-8,10,13,16,22,34H,9,11-12,14-15H2,1-2H3,(H,28,35)(H,29,36). The smallest absolute Gasteiger partial charge is 0.414 e. The minimum Gasteiger partial charge on any atom is -0.442 e. The van der Waals surface area contributed by atoms with E-state index in [2.05, 4.69) is 20.9 Å². The van der Waals surface area contributed by atoms with Crippen LogP contribution in [0.3, 0.4) is 0 Å². The number of amides is 3. The molecule has 1 aliphatic rings. The average molecular weight is 525 g/mol. The van der Waals surface area contributed by atoms with Gasteiger partial charge in [-0.1, -0.05) is 29.5 Å². The molecule has 1 aromatic heterocycles. The lowest BCUT2D eigenvalue weighted by Gasteiger charge is -2.15. The second-order valence-electron chi connectivity index (χ2n) is 9.15. The van der Waals surface area contributed by atoms with Gasteiger partial charge in [-0.3, -0.25) is 14.5 Å². The molecule has 2 atom stereocenters. The molecule has 3 amide bonds. The highest BCUT2D eigenvalue weighted by Crippen LogP contribution is 2.29. The molecule has 0 saturated carbocycles. The number of aliphatic hydroxyl groups is 1. The van der Waals surface area contributed by atoms with E-state index >= 15 is 0 Å². The molecule has 0 spiro atoms. The lowest BCUT2D eigenvalue weighted by atomic mass is 10.0. The van der Waals surface area contributed by atoms with Gasteiger partial charge in [-0.15, -0.1) is 5.10 Å². The second kappa shape index (κ2) is 11.8. The highest BCUT2D eigenvalue weighted by molar-refractivity contribution is 5.90. The van der Waals surface area contributed by atoms with Gasteiger partial charge in [0.15, 0.2) is 0 Å². The van der Waals surface area contributed by atoms with Crippen LogP contribution >= 0.6 is 0 Å². The number of hydrogen-bond donors (Lipinski definition) is 3. The Labute approximate surface area is 218 Å². The van der Waals surface area contributed by atoms with Crippen LogP contribution in [0.25, 0.3) is 11.1 Å². The Kier molecular flexibility index (Phi) is 8.31. The number of nitrogens with zero attached hydrogens (tertiary/aromatic N) is 4. The molecular weight excluding hydrogens is 495 g/mol. The van der Waals surface area contributed by atoms with Crippen LogP contribution in [-0.2, 0) is 33.8 Å². The van der Waals surface area contributed by atoms with Crippen LogP contribution in [0.2, 0.25) is 0 Å². The van der Waals surface area contributed by atoms with Gasteiger partial charge in [0, 0.05) is 31.6 Å². The maximum absolute atomic E-state index is 15.0. The number of aliphatic hydroxyl groups excluding tert-OH is 1. The Bertz CT molecular complexity index is 1310. The first-order chi connectivity index (χ1) is 18.2. The Balaban J connectivity index is 1.32. The van der Waals surface area contributed by atoms with Crippen LogP contribution in [0.15, 0.2) is 48.7 Å². The van der Waals surface area contributed by atoms with E-state index in [0.717, 1.165) is 5.56 Å².